The molecule has 0 atom stereocenters. The molecule has 272 valence electrons. The minimum atomic E-state index is 0.862. The van der Waals surface area contributed by atoms with E-state index >= 15 is 0 Å². The quantitative estimate of drug-likeness (QED) is 0.151. The SMILES string of the molecule is c1ccc(-c2ccc(-c3c(N(c4ccc(-c5ccccc5)cc4)c4ccc(-c5ccccc5)cc4)ccc4oc5c6ccccc6c6ccccc6c5c34)cc2)cc1. The van der Waals surface area contributed by atoms with Gasteiger partial charge in [0.15, 0.2) is 0 Å². The van der Waals surface area contributed by atoms with Crippen molar-refractivity contribution in [3.63, 3.8) is 0 Å². The van der Waals surface area contributed by atoms with Gasteiger partial charge in [0.25, 0.3) is 0 Å². The molecule has 58 heavy (non-hydrogen) atoms. The van der Waals surface area contributed by atoms with Crippen LogP contribution in [0.15, 0.2) is 229 Å². The lowest BCUT2D eigenvalue weighted by Crippen LogP contribution is -2.11. The molecule has 0 unspecified atom stereocenters. The molecule has 0 aliphatic rings. The number of fused-ring (bicyclic) bond motifs is 8. The molecule has 2 nitrogen and oxygen atoms in total. The Bertz CT molecular complexity index is 3140. The molecule has 0 N–H and O–H groups in total. The second-order valence-electron chi connectivity index (χ2n) is 14.8. The van der Waals surface area contributed by atoms with E-state index in [-0.39, 0.29) is 0 Å². The Morgan fingerprint density at radius 1 is 0.276 bits per heavy atom. The first kappa shape index (κ1) is 33.6. The lowest BCUT2D eigenvalue weighted by molar-refractivity contribution is 0.673. The van der Waals surface area contributed by atoms with E-state index in [1.54, 1.807) is 0 Å². The fourth-order valence-corrected chi connectivity index (χ4v) is 8.71. The van der Waals surface area contributed by atoms with Crippen LogP contribution in [-0.2, 0) is 0 Å². The van der Waals surface area contributed by atoms with Crippen molar-refractivity contribution < 1.29 is 4.42 Å². The van der Waals surface area contributed by atoms with Gasteiger partial charge in [0.05, 0.1) is 5.69 Å². The monoisotopic (exact) mass is 739 g/mol. The first-order valence-corrected chi connectivity index (χ1v) is 19.8. The molecule has 0 saturated heterocycles. The molecule has 1 heterocycles. The number of nitrogens with zero attached hydrogens (tertiary/aromatic N) is 1. The zero-order valence-corrected chi connectivity index (χ0v) is 31.7. The predicted molar refractivity (Wildman–Crippen MR) is 245 cm³/mol. The summed E-state index contributed by atoms with van der Waals surface area (Å²) in [6, 6.07) is 80.5. The molecule has 1 aromatic heterocycles. The summed E-state index contributed by atoms with van der Waals surface area (Å²) in [5, 5.41) is 6.94. The van der Waals surface area contributed by atoms with Crippen molar-refractivity contribution in [3.8, 4) is 44.5 Å². The third-order valence-electron chi connectivity index (χ3n) is 11.5. The number of furan rings is 1. The molecule has 0 bridgehead atoms. The van der Waals surface area contributed by atoms with Crippen LogP contribution >= 0.6 is 0 Å². The van der Waals surface area contributed by atoms with Crippen molar-refractivity contribution >= 4 is 60.5 Å². The molecule has 10 aromatic carbocycles. The highest BCUT2D eigenvalue weighted by atomic mass is 16.3. The minimum absolute atomic E-state index is 0.862. The molecule has 0 fully saturated rings. The zero-order chi connectivity index (χ0) is 38.4. The van der Waals surface area contributed by atoms with Crippen molar-refractivity contribution in [2.45, 2.75) is 0 Å². The van der Waals surface area contributed by atoms with E-state index in [1.807, 2.05) is 0 Å². The summed E-state index contributed by atoms with van der Waals surface area (Å²) in [6.07, 6.45) is 0. The molecule has 0 saturated carbocycles. The van der Waals surface area contributed by atoms with Gasteiger partial charge in [0.2, 0.25) is 0 Å². The third kappa shape index (κ3) is 5.74. The normalized spacial score (nSPS) is 11.4. The van der Waals surface area contributed by atoms with Crippen LogP contribution in [0.5, 0.6) is 0 Å². The Hall–Kier alpha value is -7.68. The van der Waals surface area contributed by atoms with E-state index in [0.29, 0.717) is 0 Å². The number of benzene rings is 10. The fourth-order valence-electron chi connectivity index (χ4n) is 8.71. The van der Waals surface area contributed by atoms with Gasteiger partial charge in [0, 0.05) is 33.1 Å². The summed E-state index contributed by atoms with van der Waals surface area (Å²) in [7, 11) is 0. The average Bonchev–Trinajstić information content (AvgIpc) is 3.71. The van der Waals surface area contributed by atoms with E-state index in [1.165, 1.54) is 49.5 Å². The third-order valence-corrected chi connectivity index (χ3v) is 11.5. The van der Waals surface area contributed by atoms with Crippen LogP contribution in [0.25, 0.3) is 88.0 Å². The van der Waals surface area contributed by atoms with Gasteiger partial charge >= 0.3 is 0 Å². The first-order chi connectivity index (χ1) is 28.8. The minimum Gasteiger partial charge on any atom is -0.455 e. The van der Waals surface area contributed by atoms with E-state index in [2.05, 4.69) is 229 Å². The van der Waals surface area contributed by atoms with Gasteiger partial charge < -0.3 is 9.32 Å². The van der Waals surface area contributed by atoms with Gasteiger partial charge in [-0.2, -0.15) is 0 Å². The summed E-state index contributed by atoms with van der Waals surface area (Å²) in [4.78, 5) is 2.41. The van der Waals surface area contributed by atoms with Crippen LogP contribution < -0.4 is 4.90 Å². The van der Waals surface area contributed by atoms with Crippen LogP contribution in [0.2, 0.25) is 0 Å². The van der Waals surface area contributed by atoms with Crippen molar-refractivity contribution in [1.29, 1.82) is 0 Å². The Labute approximate surface area is 337 Å². The molecular formula is C56H37NO. The van der Waals surface area contributed by atoms with E-state index in [4.69, 9.17) is 4.42 Å². The van der Waals surface area contributed by atoms with E-state index in [9.17, 15) is 0 Å². The largest absolute Gasteiger partial charge is 0.455 e. The molecule has 0 radical (unpaired) electrons. The summed E-state index contributed by atoms with van der Waals surface area (Å²) in [5.41, 5.74) is 14.3. The lowest BCUT2D eigenvalue weighted by Gasteiger charge is -2.29. The maximum atomic E-state index is 6.99. The molecule has 0 aliphatic heterocycles. The molecule has 11 aromatic rings. The molecule has 11 rings (SSSR count). The van der Waals surface area contributed by atoms with Crippen molar-refractivity contribution in [3.05, 3.63) is 224 Å². The Kier molecular flexibility index (Phi) is 8.19. The maximum absolute atomic E-state index is 6.99. The Morgan fingerprint density at radius 2 is 0.655 bits per heavy atom. The van der Waals surface area contributed by atoms with Gasteiger partial charge in [-0.1, -0.05) is 188 Å². The molecular weight excluding hydrogens is 703 g/mol. The Balaban J connectivity index is 1.21. The fraction of sp³-hybridized carbons (Fsp3) is 0. The predicted octanol–water partition coefficient (Wildman–Crippen LogP) is 16.0. The van der Waals surface area contributed by atoms with Gasteiger partial charge in [-0.15, -0.1) is 0 Å². The van der Waals surface area contributed by atoms with E-state index < -0.39 is 0 Å². The number of rotatable bonds is 7. The summed E-state index contributed by atoms with van der Waals surface area (Å²) in [6.45, 7) is 0. The topological polar surface area (TPSA) is 16.4 Å². The molecule has 2 heteroatoms. The van der Waals surface area contributed by atoms with Gasteiger partial charge in [-0.3, -0.25) is 0 Å². The van der Waals surface area contributed by atoms with Crippen molar-refractivity contribution in [2.24, 2.45) is 0 Å². The smallest absolute Gasteiger partial charge is 0.143 e. The van der Waals surface area contributed by atoms with E-state index in [0.717, 1.165) is 55.5 Å². The number of hydrogen-bond acceptors (Lipinski definition) is 2. The Morgan fingerprint density at radius 3 is 1.16 bits per heavy atom. The van der Waals surface area contributed by atoms with Crippen molar-refractivity contribution in [2.75, 3.05) is 4.90 Å². The summed E-state index contributed by atoms with van der Waals surface area (Å²) >= 11 is 0. The van der Waals surface area contributed by atoms with Gasteiger partial charge in [-0.05, 0) is 91.5 Å². The first-order valence-electron chi connectivity index (χ1n) is 19.8. The summed E-state index contributed by atoms with van der Waals surface area (Å²) in [5.74, 6) is 0. The zero-order valence-electron chi connectivity index (χ0n) is 31.7. The molecule has 0 amide bonds. The van der Waals surface area contributed by atoms with Gasteiger partial charge in [0.1, 0.15) is 11.2 Å². The standard InChI is InChI=1S/C56H37NO/c1-4-14-38(15-5-1)41-24-26-44(27-25-41)53-51(36-37-52-55(53)54-49-22-12-10-20-47(49)48-21-11-13-23-50(48)56(54)58-52)57(45-32-28-42(29-33-45)39-16-6-2-7-17-39)46-34-30-43(31-35-46)40-18-8-3-9-19-40/h1-37H. The van der Waals surface area contributed by atoms with Crippen LogP contribution in [0.3, 0.4) is 0 Å². The van der Waals surface area contributed by atoms with Crippen molar-refractivity contribution in [1.82, 2.24) is 0 Å². The van der Waals surface area contributed by atoms with Gasteiger partial charge in [-0.25, -0.2) is 0 Å². The number of hydrogen-bond donors (Lipinski definition) is 0. The lowest BCUT2D eigenvalue weighted by atomic mass is 9.91. The highest BCUT2D eigenvalue weighted by Crippen LogP contribution is 2.50. The summed E-state index contributed by atoms with van der Waals surface area (Å²) < 4.78 is 6.99. The second-order valence-corrected chi connectivity index (χ2v) is 14.8. The highest BCUT2D eigenvalue weighted by Gasteiger charge is 2.25. The maximum Gasteiger partial charge on any atom is 0.143 e. The highest BCUT2D eigenvalue weighted by molar-refractivity contribution is 6.33. The molecule has 0 spiro atoms. The second kappa shape index (κ2) is 14.1. The molecule has 0 aliphatic carbocycles. The number of anilines is 3. The van der Waals surface area contributed by atoms with Crippen LogP contribution in [-0.4, -0.2) is 0 Å². The van der Waals surface area contributed by atoms with Crippen LogP contribution in [0.1, 0.15) is 0 Å². The average molecular weight is 740 g/mol. The van der Waals surface area contributed by atoms with Crippen LogP contribution in [0, 0.1) is 0 Å². The van der Waals surface area contributed by atoms with Crippen LogP contribution in [0.4, 0.5) is 17.1 Å².